The van der Waals surface area contributed by atoms with Crippen molar-refractivity contribution in [3.05, 3.63) is 69.2 Å². The molecule has 2 aromatic carbocycles. The van der Waals surface area contributed by atoms with Crippen LogP contribution in [0.1, 0.15) is 23.5 Å². The van der Waals surface area contributed by atoms with E-state index in [4.69, 9.17) is 11.6 Å². The van der Waals surface area contributed by atoms with Gasteiger partial charge in [-0.15, -0.1) is 11.8 Å². The lowest BCUT2D eigenvalue weighted by Crippen LogP contribution is -2.31. The number of hydrogen-bond donors (Lipinski definition) is 2. The van der Waals surface area contributed by atoms with E-state index >= 15 is 0 Å². The molecule has 0 unspecified atom stereocenters. The molecule has 172 valence electrons. The number of anilines is 1. The van der Waals surface area contributed by atoms with E-state index < -0.39 is 23.6 Å². The van der Waals surface area contributed by atoms with Crippen molar-refractivity contribution in [1.82, 2.24) is 5.32 Å². The monoisotopic (exact) mass is 511 g/mol. The maximum atomic E-state index is 12.9. The van der Waals surface area contributed by atoms with Gasteiger partial charge in [-0.25, -0.2) is 0 Å². The summed E-state index contributed by atoms with van der Waals surface area (Å²) in [5.41, 5.74) is 0.00382. The van der Waals surface area contributed by atoms with Gasteiger partial charge in [0.05, 0.1) is 38.7 Å². The summed E-state index contributed by atoms with van der Waals surface area (Å²) < 4.78 is 38.8. The van der Waals surface area contributed by atoms with Gasteiger partial charge in [-0.1, -0.05) is 35.5 Å². The fraction of sp³-hybridized carbons (Fsp3) is 0.227. The molecule has 1 aliphatic rings. The molecule has 0 saturated carbocycles. The van der Waals surface area contributed by atoms with Gasteiger partial charge in [0.1, 0.15) is 0 Å². The van der Waals surface area contributed by atoms with E-state index in [0.29, 0.717) is 5.57 Å². The van der Waals surface area contributed by atoms with Gasteiger partial charge in [-0.3, -0.25) is 9.59 Å². The van der Waals surface area contributed by atoms with E-state index in [1.54, 1.807) is 11.8 Å². The molecule has 11 heteroatoms. The Morgan fingerprint density at radius 3 is 2.58 bits per heavy atom. The summed E-state index contributed by atoms with van der Waals surface area (Å²) in [6.45, 7) is 0. The first-order valence-corrected chi connectivity index (χ1v) is 12.1. The first-order chi connectivity index (χ1) is 15.6. The van der Waals surface area contributed by atoms with Crippen molar-refractivity contribution < 1.29 is 22.8 Å². The number of nitrogens with zero attached hydrogens (tertiary/aromatic N) is 1. The second kappa shape index (κ2) is 10.5. The number of carbonyl (C=O) groups excluding carboxylic acids is 2. The highest BCUT2D eigenvalue weighted by Crippen LogP contribution is 2.37. The van der Waals surface area contributed by atoms with Gasteiger partial charge < -0.3 is 10.6 Å². The summed E-state index contributed by atoms with van der Waals surface area (Å²) >= 11 is 8.41. The van der Waals surface area contributed by atoms with Crippen LogP contribution in [0.5, 0.6) is 0 Å². The molecular formula is C22H17ClF3N3O2S2. The molecule has 0 bridgehead atoms. The molecule has 1 aliphatic heterocycles. The number of halogens is 4. The first-order valence-electron chi connectivity index (χ1n) is 9.50. The van der Waals surface area contributed by atoms with Gasteiger partial charge in [0.25, 0.3) is 0 Å². The minimum absolute atomic E-state index is 0.0435. The van der Waals surface area contributed by atoms with Crippen molar-refractivity contribution in [3.63, 3.8) is 0 Å². The normalized spacial score (nSPS) is 16.2. The second-order valence-electron chi connectivity index (χ2n) is 6.96. The lowest BCUT2D eigenvalue weighted by atomic mass is 9.87. The predicted octanol–water partition coefficient (Wildman–Crippen LogP) is 5.79. The number of nitrogens with one attached hydrogen (secondary N) is 2. The summed E-state index contributed by atoms with van der Waals surface area (Å²) in [6.07, 6.45) is -2.55. The molecule has 5 nitrogen and oxygen atoms in total. The van der Waals surface area contributed by atoms with Gasteiger partial charge in [-0.2, -0.15) is 18.4 Å². The molecule has 0 aromatic heterocycles. The van der Waals surface area contributed by atoms with Crippen LogP contribution in [0.4, 0.5) is 18.9 Å². The largest absolute Gasteiger partial charge is 0.416 e. The van der Waals surface area contributed by atoms with Gasteiger partial charge in [0.15, 0.2) is 0 Å². The van der Waals surface area contributed by atoms with Gasteiger partial charge in [-0.05, 0) is 42.2 Å². The molecule has 0 saturated heterocycles. The predicted molar refractivity (Wildman–Crippen MR) is 124 cm³/mol. The Labute approximate surface area is 201 Å². The number of thioether (sulfide) groups is 2. The smallest absolute Gasteiger partial charge is 0.324 e. The summed E-state index contributed by atoms with van der Waals surface area (Å²) in [4.78, 5) is 25.7. The Balaban J connectivity index is 1.76. The lowest BCUT2D eigenvalue weighted by Gasteiger charge is -2.25. The summed E-state index contributed by atoms with van der Waals surface area (Å²) in [5.74, 6) is -1.63. The standard InChI is InChI=1S/C22H17ClF3N3O2S2/c1-32-14-5-2-12(3-6-14)15-9-19(30)29-21(16(15)10-27)33-11-20(31)28-18-8-13(22(24,25)26)4-7-17(18)23/h2-8,15H,9,11H2,1H3,(H,28,31)(H,29,30)/t15-/m1/s1. The number of rotatable bonds is 6. The van der Waals surface area contributed by atoms with E-state index in [0.717, 1.165) is 40.4 Å². The molecule has 33 heavy (non-hydrogen) atoms. The summed E-state index contributed by atoms with van der Waals surface area (Å²) in [7, 11) is 0. The van der Waals surface area contributed by atoms with E-state index in [9.17, 15) is 28.0 Å². The van der Waals surface area contributed by atoms with E-state index in [1.165, 1.54) is 0 Å². The highest BCUT2D eigenvalue weighted by atomic mass is 35.5. The average Bonchev–Trinajstić information content (AvgIpc) is 2.78. The Hall–Kier alpha value is -2.61. The van der Waals surface area contributed by atoms with Crippen LogP contribution >= 0.6 is 35.1 Å². The molecule has 2 aromatic rings. The van der Waals surface area contributed by atoms with Crippen LogP contribution in [0.3, 0.4) is 0 Å². The molecule has 0 aliphatic carbocycles. The van der Waals surface area contributed by atoms with Crippen molar-refractivity contribution in [1.29, 1.82) is 5.26 Å². The third-order valence-corrected chi connectivity index (χ3v) is 6.88. The topological polar surface area (TPSA) is 82.0 Å². The molecule has 0 spiro atoms. The van der Waals surface area contributed by atoms with E-state index in [-0.39, 0.29) is 33.8 Å². The number of hydrogen-bond acceptors (Lipinski definition) is 5. The average molecular weight is 512 g/mol. The zero-order valence-corrected chi connectivity index (χ0v) is 19.5. The minimum Gasteiger partial charge on any atom is -0.324 e. The van der Waals surface area contributed by atoms with Crippen LogP contribution < -0.4 is 10.6 Å². The number of carbonyl (C=O) groups is 2. The molecule has 2 N–H and O–H groups in total. The maximum Gasteiger partial charge on any atom is 0.416 e. The fourth-order valence-corrected chi connectivity index (χ4v) is 4.63. The molecule has 1 heterocycles. The first kappa shape index (κ1) is 25.0. The molecule has 0 fully saturated rings. The highest BCUT2D eigenvalue weighted by Gasteiger charge is 2.32. The van der Waals surface area contributed by atoms with Gasteiger partial charge in [0.2, 0.25) is 11.8 Å². The minimum atomic E-state index is -4.58. The zero-order chi connectivity index (χ0) is 24.2. The second-order valence-corrected chi connectivity index (χ2v) is 9.23. The number of allylic oxidation sites excluding steroid dienone is 1. The van der Waals surface area contributed by atoms with Crippen molar-refractivity contribution in [3.8, 4) is 6.07 Å². The highest BCUT2D eigenvalue weighted by molar-refractivity contribution is 8.03. The fourth-order valence-electron chi connectivity index (χ4n) is 3.18. The summed E-state index contributed by atoms with van der Waals surface area (Å²) in [5, 5.41) is 14.9. The Morgan fingerprint density at radius 1 is 1.27 bits per heavy atom. The number of amides is 2. The van der Waals surface area contributed by atoms with Crippen LogP contribution in [0.2, 0.25) is 5.02 Å². The van der Waals surface area contributed by atoms with Crippen molar-refractivity contribution in [2.24, 2.45) is 0 Å². The molecular weight excluding hydrogens is 495 g/mol. The molecule has 3 rings (SSSR count). The number of benzene rings is 2. The van der Waals surface area contributed by atoms with Gasteiger partial charge >= 0.3 is 6.18 Å². The molecule has 0 radical (unpaired) electrons. The third kappa shape index (κ3) is 6.25. The Bertz CT molecular complexity index is 1150. The molecule has 2 amide bonds. The molecule has 1 atom stereocenters. The maximum absolute atomic E-state index is 12.9. The third-order valence-electron chi connectivity index (χ3n) is 4.79. The quantitative estimate of drug-likeness (QED) is 0.480. The number of nitriles is 1. The van der Waals surface area contributed by atoms with E-state index in [1.807, 2.05) is 30.5 Å². The van der Waals surface area contributed by atoms with Crippen LogP contribution in [-0.4, -0.2) is 23.8 Å². The van der Waals surface area contributed by atoms with Crippen molar-refractivity contribution >= 4 is 52.6 Å². The van der Waals surface area contributed by atoms with Gasteiger partial charge in [0, 0.05) is 17.2 Å². The van der Waals surface area contributed by atoms with Crippen molar-refractivity contribution in [2.45, 2.75) is 23.4 Å². The van der Waals surface area contributed by atoms with Crippen LogP contribution in [-0.2, 0) is 15.8 Å². The SMILES string of the molecule is CSc1ccc([C@H]2CC(=O)NC(SCC(=O)Nc3cc(C(F)(F)F)ccc3Cl)=C2C#N)cc1. The van der Waals surface area contributed by atoms with Crippen LogP contribution in [0, 0.1) is 11.3 Å². The zero-order valence-electron chi connectivity index (χ0n) is 17.1. The Kier molecular flexibility index (Phi) is 8.00. The van der Waals surface area contributed by atoms with Crippen molar-refractivity contribution in [2.75, 3.05) is 17.3 Å². The Morgan fingerprint density at radius 2 is 1.97 bits per heavy atom. The van der Waals surface area contributed by atoms with Crippen LogP contribution in [0.25, 0.3) is 0 Å². The van der Waals surface area contributed by atoms with Crippen LogP contribution in [0.15, 0.2) is 58.0 Å². The van der Waals surface area contributed by atoms with E-state index in [2.05, 4.69) is 16.7 Å². The summed E-state index contributed by atoms with van der Waals surface area (Å²) in [6, 6.07) is 12.3. The number of alkyl halides is 3. The lowest BCUT2D eigenvalue weighted by molar-refractivity contribution is -0.137.